The average Bonchev–Trinajstić information content (AvgIpc) is 3.44. The molecule has 1 N–H and O–H groups in total. The molecule has 3 aliphatic rings. The topological polar surface area (TPSA) is 75.0 Å². The van der Waals surface area contributed by atoms with Crippen LogP contribution in [0.1, 0.15) is 59.3 Å². The molecule has 1 unspecified atom stereocenters. The van der Waals surface area contributed by atoms with Crippen molar-refractivity contribution in [1.82, 2.24) is 15.1 Å². The zero-order valence-electron chi connectivity index (χ0n) is 20.4. The molecule has 0 spiro atoms. The van der Waals surface area contributed by atoms with Crippen molar-refractivity contribution >= 4 is 22.8 Å². The summed E-state index contributed by atoms with van der Waals surface area (Å²) < 4.78 is 12.3. The Bertz CT molecular complexity index is 1340. The number of carbonyl (C=O) groups is 2. The van der Waals surface area contributed by atoms with Crippen molar-refractivity contribution in [2.75, 3.05) is 13.1 Å². The lowest BCUT2D eigenvalue weighted by Crippen LogP contribution is -2.49. The Labute approximate surface area is 210 Å². The van der Waals surface area contributed by atoms with Gasteiger partial charge in [-0.2, -0.15) is 0 Å². The quantitative estimate of drug-likeness (QED) is 0.546. The monoisotopic (exact) mass is 485 g/mol. The number of hydrogen-bond donors (Lipinski definition) is 1. The van der Waals surface area contributed by atoms with E-state index in [0.717, 1.165) is 41.9 Å². The molecule has 2 amide bonds. The lowest BCUT2D eigenvalue weighted by Gasteiger charge is -2.30. The molecule has 2 fully saturated rings. The smallest absolute Gasteiger partial charge is 0.255 e. The third-order valence-corrected chi connectivity index (χ3v) is 7.51. The highest BCUT2D eigenvalue weighted by Gasteiger charge is 2.39. The van der Waals surface area contributed by atoms with E-state index in [4.69, 9.17) is 9.15 Å². The predicted octanol–water partition coefficient (Wildman–Crippen LogP) is 4.75. The lowest BCUT2D eigenvalue weighted by molar-refractivity contribution is -0.126. The highest BCUT2D eigenvalue weighted by Crippen LogP contribution is 2.34. The molecule has 2 aromatic carbocycles. The van der Waals surface area contributed by atoms with Crippen molar-refractivity contribution in [3.63, 3.8) is 0 Å². The van der Waals surface area contributed by atoms with Crippen LogP contribution in [0, 0.1) is 0 Å². The number of nitrogens with one attached hydrogen (secondary N) is 1. The van der Waals surface area contributed by atoms with E-state index in [-0.39, 0.29) is 18.4 Å². The standard InChI is InChI=1S/C29H31N3O4/c1-19-8-11-25(28(33)30-19)32-17-24-23(29(32)34)6-5-7-26(24)35-18-22-15-21-10-9-20(14-27(21)36-22)16-31-12-3-2-4-13-31/h5-7,9-10,14-15,25H,1-4,8,11-13,16-18H2,(H,30,33). The Morgan fingerprint density at radius 2 is 1.94 bits per heavy atom. The van der Waals surface area contributed by atoms with Crippen LogP contribution in [-0.2, 0) is 24.5 Å². The molecule has 0 radical (unpaired) electrons. The van der Waals surface area contributed by atoms with Gasteiger partial charge in [-0.1, -0.05) is 31.2 Å². The molecule has 3 aromatic rings. The predicted molar refractivity (Wildman–Crippen MR) is 136 cm³/mol. The van der Waals surface area contributed by atoms with Gasteiger partial charge in [-0.25, -0.2) is 0 Å². The first-order chi connectivity index (χ1) is 17.5. The van der Waals surface area contributed by atoms with Gasteiger partial charge in [0.05, 0.1) is 6.54 Å². The van der Waals surface area contributed by atoms with E-state index in [2.05, 4.69) is 35.0 Å². The molecule has 1 aromatic heterocycles. The van der Waals surface area contributed by atoms with Gasteiger partial charge in [-0.3, -0.25) is 14.5 Å². The number of furan rings is 1. The van der Waals surface area contributed by atoms with Crippen LogP contribution in [0.25, 0.3) is 11.0 Å². The summed E-state index contributed by atoms with van der Waals surface area (Å²) in [7, 11) is 0. The van der Waals surface area contributed by atoms with Gasteiger partial charge in [0, 0.05) is 28.8 Å². The maximum absolute atomic E-state index is 13.1. The summed E-state index contributed by atoms with van der Waals surface area (Å²) in [6.07, 6.45) is 5.15. The third kappa shape index (κ3) is 4.39. The van der Waals surface area contributed by atoms with Crippen molar-refractivity contribution in [3.05, 3.63) is 77.2 Å². The van der Waals surface area contributed by atoms with Crippen molar-refractivity contribution < 1.29 is 18.7 Å². The first-order valence-corrected chi connectivity index (χ1v) is 12.8. The van der Waals surface area contributed by atoms with Gasteiger partial charge in [-0.15, -0.1) is 0 Å². The number of piperidine rings is 2. The van der Waals surface area contributed by atoms with Gasteiger partial charge in [0.15, 0.2) is 0 Å². The summed E-state index contributed by atoms with van der Waals surface area (Å²) in [5.74, 6) is 1.09. The second kappa shape index (κ2) is 9.47. The van der Waals surface area contributed by atoms with Crippen LogP contribution in [0.3, 0.4) is 0 Å². The van der Waals surface area contributed by atoms with Gasteiger partial charge in [-0.05, 0) is 68.6 Å². The fourth-order valence-corrected chi connectivity index (χ4v) is 5.60. The highest BCUT2D eigenvalue weighted by atomic mass is 16.5. The molecule has 0 aliphatic carbocycles. The van der Waals surface area contributed by atoms with Crippen LogP contribution >= 0.6 is 0 Å². The number of carbonyl (C=O) groups excluding carboxylic acids is 2. The normalized spacial score (nSPS) is 20.6. The molecule has 7 nitrogen and oxygen atoms in total. The van der Waals surface area contributed by atoms with Crippen LogP contribution in [-0.4, -0.2) is 40.7 Å². The van der Waals surface area contributed by atoms with Crippen LogP contribution < -0.4 is 10.1 Å². The van der Waals surface area contributed by atoms with E-state index < -0.39 is 6.04 Å². The van der Waals surface area contributed by atoms with Gasteiger partial charge in [0.2, 0.25) is 5.91 Å². The zero-order valence-corrected chi connectivity index (χ0v) is 20.4. The van der Waals surface area contributed by atoms with E-state index in [0.29, 0.717) is 36.4 Å². The number of likely N-dealkylation sites (tertiary alicyclic amines) is 1. The van der Waals surface area contributed by atoms with E-state index in [1.165, 1.54) is 24.8 Å². The molecule has 4 heterocycles. The summed E-state index contributed by atoms with van der Waals surface area (Å²) in [6, 6.07) is 13.4. The summed E-state index contributed by atoms with van der Waals surface area (Å²) in [6.45, 7) is 7.74. The number of benzene rings is 2. The second-order valence-electron chi connectivity index (χ2n) is 10.1. The number of rotatable bonds is 6. The molecule has 0 bridgehead atoms. The summed E-state index contributed by atoms with van der Waals surface area (Å²) >= 11 is 0. The number of amides is 2. The van der Waals surface area contributed by atoms with Crippen LogP contribution in [0.2, 0.25) is 0 Å². The number of nitrogens with zero attached hydrogens (tertiary/aromatic N) is 2. The Hall–Kier alpha value is -3.58. The summed E-state index contributed by atoms with van der Waals surface area (Å²) in [5.41, 5.74) is 4.25. The molecule has 6 rings (SSSR count). The van der Waals surface area contributed by atoms with Crippen molar-refractivity contribution in [2.45, 2.75) is 57.8 Å². The SMILES string of the molecule is C=C1CCC(N2Cc3c(OCc4cc5ccc(CN6CCCCC6)cc5o4)cccc3C2=O)C(=O)N1. The highest BCUT2D eigenvalue weighted by molar-refractivity contribution is 6.02. The Morgan fingerprint density at radius 3 is 2.78 bits per heavy atom. The van der Waals surface area contributed by atoms with Crippen molar-refractivity contribution in [3.8, 4) is 5.75 Å². The summed E-state index contributed by atoms with van der Waals surface area (Å²) in [4.78, 5) is 29.7. The van der Waals surface area contributed by atoms with E-state index in [9.17, 15) is 9.59 Å². The van der Waals surface area contributed by atoms with Gasteiger partial charge in [0.25, 0.3) is 5.91 Å². The van der Waals surface area contributed by atoms with E-state index in [1.54, 1.807) is 11.0 Å². The maximum Gasteiger partial charge on any atom is 0.255 e. The largest absolute Gasteiger partial charge is 0.485 e. The first kappa shape index (κ1) is 22.9. The van der Waals surface area contributed by atoms with E-state index in [1.807, 2.05) is 18.2 Å². The molecule has 7 heteroatoms. The molecular formula is C29H31N3O4. The molecule has 1 atom stereocenters. The van der Waals surface area contributed by atoms with Crippen LogP contribution in [0.5, 0.6) is 5.75 Å². The molecular weight excluding hydrogens is 454 g/mol. The zero-order chi connectivity index (χ0) is 24.6. The maximum atomic E-state index is 13.1. The van der Waals surface area contributed by atoms with Gasteiger partial charge >= 0.3 is 0 Å². The van der Waals surface area contributed by atoms with Crippen LogP contribution in [0.4, 0.5) is 0 Å². The van der Waals surface area contributed by atoms with Gasteiger partial charge < -0.3 is 19.4 Å². The minimum Gasteiger partial charge on any atom is -0.485 e. The Morgan fingerprint density at radius 1 is 1.08 bits per heavy atom. The second-order valence-corrected chi connectivity index (χ2v) is 10.1. The minimum absolute atomic E-state index is 0.131. The first-order valence-electron chi connectivity index (χ1n) is 12.8. The molecule has 36 heavy (non-hydrogen) atoms. The fourth-order valence-electron chi connectivity index (χ4n) is 5.60. The van der Waals surface area contributed by atoms with E-state index >= 15 is 0 Å². The third-order valence-electron chi connectivity index (χ3n) is 7.51. The van der Waals surface area contributed by atoms with Gasteiger partial charge in [0.1, 0.15) is 29.7 Å². The average molecular weight is 486 g/mol. The lowest BCUT2D eigenvalue weighted by atomic mass is 10.0. The molecule has 186 valence electrons. The number of fused-ring (bicyclic) bond motifs is 2. The number of hydrogen-bond acceptors (Lipinski definition) is 5. The fraction of sp³-hybridized carbons (Fsp3) is 0.379. The van der Waals surface area contributed by atoms with Crippen LogP contribution in [0.15, 0.2) is 59.2 Å². The summed E-state index contributed by atoms with van der Waals surface area (Å²) in [5, 5.41) is 3.84. The molecule has 2 saturated heterocycles. The minimum atomic E-state index is -0.488. The van der Waals surface area contributed by atoms with Crippen molar-refractivity contribution in [1.29, 1.82) is 0 Å². The number of allylic oxidation sites excluding steroid dienone is 1. The Kier molecular flexibility index (Phi) is 6.01. The van der Waals surface area contributed by atoms with Crippen molar-refractivity contribution in [2.24, 2.45) is 0 Å². The number of ether oxygens (including phenoxy) is 1. The molecule has 3 aliphatic heterocycles. The Balaban J connectivity index is 1.15. The molecule has 0 saturated carbocycles.